The van der Waals surface area contributed by atoms with Gasteiger partial charge in [0.1, 0.15) is 4.75 Å². The summed E-state index contributed by atoms with van der Waals surface area (Å²) in [5.74, 6) is -7.19. The summed E-state index contributed by atoms with van der Waals surface area (Å²) in [4.78, 5) is 21.5. The van der Waals surface area contributed by atoms with Crippen LogP contribution < -0.4 is 69.3 Å². The number of aliphatic carboxylic acids is 2. The molecule has 0 aromatic heterocycles. The van der Waals surface area contributed by atoms with E-state index < -0.39 is 38.6 Å². The van der Waals surface area contributed by atoms with E-state index in [0.29, 0.717) is 0 Å². The Kier molecular flexibility index (Phi) is 10.9. The molecule has 1 N–H and O–H groups in total. The molecule has 0 saturated heterocycles. The zero-order valence-electron chi connectivity index (χ0n) is 11.0. The van der Waals surface area contributed by atoms with E-state index in [2.05, 4.69) is 0 Å². The maximum Gasteiger partial charge on any atom is 1.00 e. The van der Waals surface area contributed by atoms with Crippen molar-refractivity contribution in [2.75, 3.05) is 0 Å². The zero-order valence-corrected chi connectivity index (χ0v) is 15.8. The van der Waals surface area contributed by atoms with Gasteiger partial charge in [0.2, 0.25) is 0 Å². The maximum atomic E-state index is 11.1. The topological polar surface area (TPSA) is 135 Å². The molecule has 0 amide bonds. The smallest absolute Gasteiger partial charge is 0.550 e. The predicted molar refractivity (Wildman–Crippen MR) is 48.3 cm³/mol. The molecule has 0 rings (SSSR count). The van der Waals surface area contributed by atoms with Crippen LogP contribution in [0.25, 0.3) is 0 Å². The first-order valence-electron chi connectivity index (χ1n) is 4.38. The van der Waals surface area contributed by atoms with Gasteiger partial charge in [-0.3, -0.25) is 4.55 Å². The molecule has 0 aromatic carbocycles. The second-order valence-corrected chi connectivity index (χ2v) is 5.38. The fourth-order valence-electron chi connectivity index (χ4n) is 1.71. The van der Waals surface area contributed by atoms with E-state index in [-0.39, 0.29) is 59.1 Å². The van der Waals surface area contributed by atoms with Gasteiger partial charge < -0.3 is 19.8 Å². The van der Waals surface area contributed by atoms with E-state index in [1.54, 1.807) is 0 Å². The average molecular weight is 298 g/mol. The van der Waals surface area contributed by atoms with Gasteiger partial charge >= 0.3 is 59.1 Å². The summed E-state index contributed by atoms with van der Waals surface area (Å²) >= 11 is 0. The molecule has 0 spiro atoms. The molecule has 2 atom stereocenters. The molecule has 0 bridgehead atoms. The number of hydrogen-bond donors (Lipinski definition) is 1. The Labute approximate surface area is 150 Å². The minimum absolute atomic E-state index is 0. The summed E-state index contributed by atoms with van der Waals surface area (Å²) in [6.45, 7) is 3.14. The van der Waals surface area contributed by atoms with Crippen LogP contribution in [0.5, 0.6) is 0 Å². The molecule has 0 aliphatic rings. The van der Waals surface area contributed by atoms with Gasteiger partial charge in [-0.25, -0.2) is 0 Å². The minimum Gasteiger partial charge on any atom is -0.550 e. The van der Waals surface area contributed by atoms with Gasteiger partial charge in [0.15, 0.2) is 0 Å². The van der Waals surface area contributed by atoms with Gasteiger partial charge in [-0.15, -0.1) is 0 Å². The van der Waals surface area contributed by atoms with Crippen molar-refractivity contribution < 1.29 is 91.9 Å². The number of carboxylic acids is 2. The monoisotopic (exact) mass is 298 g/mol. The number of hydrogen-bond acceptors (Lipinski definition) is 6. The largest absolute Gasteiger partial charge is 1.00 e. The number of carboxylic acid groups (broad SMARTS) is 2. The van der Waals surface area contributed by atoms with Crippen molar-refractivity contribution in [3.05, 3.63) is 0 Å². The van der Waals surface area contributed by atoms with Crippen molar-refractivity contribution >= 4 is 22.1 Å². The quantitative estimate of drug-likeness (QED) is 0.393. The van der Waals surface area contributed by atoms with Gasteiger partial charge in [0.05, 0.1) is 5.97 Å². The van der Waals surface area contributed by atoms with E-state index >= 15 is 0 Å². The molecule has 7 nitrogen and oxygen atoms in total. The Balaban J connectivity index is -0.00000112. The molecule has 0 aliphatic carbocycles. The first kappa shape index (κ1) is 23.9. The van der Waals surface area contributed by atoms with Crippen LogP contribution in [0.1, 0.15) is 20.8 Å². The SMILES string of the molecule is CC(C)C(C(=O)[O-])(C(C)C(=O)[O-])S(=O)(=O)O.[Na+].[Na+]. The van der Waals surface area contributed by atoms with E-state index in [9.17, 15) is 28.2 Å². The molecule has 10 heteroatoms. The third-order valence-corrected chi connectivity index (χ3v) is 4.45. The molecule has 0 fully saturated rings. The van der Waals surface area contributed by atoms with Crippen molar-refractivity contribution in [2.24, 2.45) is 11.8 Å². The van der Waals surface area contributed by atoms with Crippen molar-refractivity contribution in [1.82, 2.24) is 0 Å². The van der Waals surface area contributed by atoms with Crippen molar-refractivity contribution in [3.8, 4) is 0 Å². The minimum atomic E-state index is -5.15. The maximum absolute atomic E-state index is 11.1. The number of rotatable bonds is 5. The van der Waals surface area contributed by atoms with Gasteiger partial charge in [-0.1, -0.05) is 20.8 Å². The summed E-state index contributed by atoms with van der Waals surface area (Å²) in [5, 5.41) is 21.5. The van der Waals surface area contributed by atoms with Crippen LogP contribution in [-0.4, -0.2) is 29.7 Å². The van der Waals surface area contributed by atoms with Gasteiger partial charge in [-0.05, 0) is 5.92 Å². The fourth-order valence-corrected chi connectivity index (χ4v) is 3.06. The molecule has 2 unspecified atom stereocenters. The molecule has 0 radical (unpaired) electrons. The Morgan fingerprint density at radius 3 is 1.50 bits per heavy atom. The summed E-state index contributed by atoms with van der Waals surface area (Å²) < 4.78 is 28.3. The molecule has 0 aliphatic heterocycles. The van der Waals surface area contributed by atoms with Crippen LogP contribution >= 0.6 is 0 Å². The molecule has 18 heavy (non-hydrogen) atoms. The Hall–Kier alpha value is 0.850. The summed E-state index contributed by atoms with van der Waals surface area (Å²) in [6.07, 6.45) is 0. The second kappa shape index (κ2) is 8.21. The molecular weight excluding hydrogens is 286 g/mol. The van der Waals surface area contributed by atoms with Crippen LogP contribution in [0, 0.1) is 11.8 Å². The second-order valence-electron chi connectivity index (χ2n) is 3.75. The molecular formula is C8H12Na2O7S. The third-order valence-electron chi connectivity index (χ3n) is 2.60. The number of carbonyl (C=O) groups is 2. The summed E-state index contributed by atoms with van der Waals surface area (Å²) in [7, 11) is -5.15. The van der Waals surface area contributed by atoms with Crippen LogP contribution in [0.3, 0.4) is 0 Å². The standard InChI is InChI=1S/C8H14O7S.2Na/c1-4(2)8(7(11)12,16(13,14)15)5(3)6(9)10;;/h4-5H,1-3H3,(H,9,10)(H,11,12)(H,13,14,15);;/q;2*+1/p-2. The van der Waals surface area contributed by atoms with Gasteiger partial charge in [0, 0.05) is 11.9 Å². The fraction of sp³-hybridized carbons (Fsp3) is 0.750. The number of carbonyl (C=O) groups excluding carboxylic acids is 2. The van der Waals surface area contributed by atoms with E-state index in [1.165, 1.54) is 0 Å². The van der Waals surface area contributed by atoms with E-state index in [4.69, 9.17) is 4.55 Å². The molecule has 0 aromatic rings. The van der Waals surface area contributed by atoms with E-state index in [0.717, 1.165) is 20.8 Å². The Morgan fingerprint density at radius 1 is 1.11 bits per heavy atom. The first-order chi connectivity index (χ1) is 6.99. The van der Waals surface area contributed by atoms with Crippen molar-refractivity contribution in [3.63, 3.8) is 0 Å². The summed E-state index contributed by atoms with van der Waals surface area (Å²) in [6, 6.07) is 0. The van der Waals surface area contributed by atoms with Crippen LogP contribution in [0.15, 0.2) is 0 Å². The van der Waals surface area contributed by atoms with Crippen LogP contribution in [0.2, 0.25) is 0 Å². The predicted octanol–water partition coefficient (Wildman–Crippen LogP) is -8.59. The Bertz CT molecular complexity index is 406. The molecule has 94 valence electrons. The molecule has 0 saturated carbocycles. The van der Waals surface area contributed by atoms with Gasteiger partial charge in [-0.2, -0.15) is 8.42 Å². The van der Waals surface area contributed by atoms with Crippen molar-refractivity contribution in [1.29, 1.82) is 0 Å². The zero-order chi connectivity index (χ0) is 13.3. The first-order valence-corrected chi connectivity index (χ1v) is 5.82. The van der Waals surface area contributed by atoms with Crippen LogP contribution in [-0.2, 0) is 19.7 Å². The van der Waals surface area contributed by atoms with Crippen LogP contribution in [0.4, 0.5) is 0 Å². The normalized spacial score (nSPS) is 15.8. The molecule has 0 heterocycles. The third kappa shape index (κ3) is 4.17. The Morgan fingerprint density at radius 2 is 1.44 bits per heavy atom. The van der Waals surface area contributed by atoms with Crippen molar-refractivity contribution in [2.45, 2.75) is 25.5 Å². The van der Waals surface area contributed by atoms with E-state index in [1.807, 2.05) is 0 Å². The average Bonchev–Trinajstić information content (AvgIpc) is 1.99. The summed E-state index contributed by atoms with van der Waals surface area (Å²) in [5.41, 5.74) is 0. The van der Waals surface area contributed by atoms with Gasteiger partial charge in [0.25, 0.3) is 10.1 Å².